The number of phosphoric ester groups is 1. The third kappa shape index (κ3) is 12.7. The summed E-state index contributed by atoms with van der Waals surface area (Å²) in [5, 5.41) is 0. The number of hydrogen-bond acceptors (Lipinski definition) is 10. The lowest BCUT2D eigenvalue weighted by atomic mass is 10.4. The quantitative estimate of drug-likeness (QED) is 0.164. The molecule has 0 aliphatic rings. The van der Waals surface area contributed by atoms with Crippen molar-refractivity contribution < 1.29 is 46.7 Å². The van der Waals surface area contributed by atoms with Crippen molar-refractivity contribution in [3.05, 3.63) is 38.0 Å². The van der Waals surface area contributed by atoms with Crippen LogP contribution < -0.4 is 0 Å². The van der Waals surface area contributed by atoms with E-state index < -0.39 is 44.0 Å². The summed E-state index contributed by atoms with van der Waals surface area (Å²) < 4.78 is 43.5. The van der Waals surface area contributed by atoms with Crippen LogP contribution in [-0.2, 0) is 46.7 Å². The fraction of sp³-hybridized carbons (Fsp3) is 0.500. The van der Waals surface area contributed by atoms with Gasteiger partial charge in [0.25, 0.3) is 0 Å². The zero-order valence-electron chi connectivity index (χ0n) is 16.7. The summed E-state index contributed by atoms with van der Waals surface area (Å²) in [6.45, 7) is 13.4. The molecular weight excluding hydrogens is 407 g/mol. The van der Waals surface area contributed by atoms with Crippen LogP contribution in [0.5, 0.6) is 0 Å². The van der Waals surface area contributed by atoms with E-state index in [1.54, 1.807) is 0 Å². The fourth-order valence-corrected chi connectivity index (χ4v) is 3.26. The summed E-state index contributed by atoms with van der Waals surface area (Å²) in [4.78, 5) is 33.5. The SMILES string of the molecule is C=CC(=O)OCC(C)OP(=O)(OC(C)COC(=O)C=C)OC(C)COC(=O)C=C. The Hall–Kier alpha value is -2.26. The Morgan fingerprint density at radius 2 is 0.931 bits per heavy atom. The molecule has 0 saturated heterocycles. The van der Waals surface area contributed by atoms with Gasteiger partial charge in [-0.25, -0.2) is 18.9 Å². The molecule has 3 unspecified atom stereocenters. The molecule has 0 aromatic heterocycles. The number of ether oxygens (including phenoxy) is 3. The maximum atomic E-state index is 13.0. The van der Waals surface area contributed by atoms with Crippen molar-refractivity contribution in [3.8, 4) is 0 Å². The molecule has 0 radical (unpaired) electrons. The molecule has 0 fully saturated rings. The van der Waals surface area contributed by atoms with Crippen LogP contribution in [0, 0.1) is 0 Å². The smallest absolute Gasteiger partial charge is 0.460 e. The zero-order chi connectivity index (χ0) is 22.4. The van der Waals surface area contributed by atoms with Crippen molar-refractivity contribution in [2.75, 3.05) is 19.8 Å². The van der Waals surface area contributed by atoms with Crippen molar-refractivity contribution in [1.82, 2.24) is 0 Å². The van der Waals surface area contributed by atoms with Gasteiger partial charge in [-0.05, 0) is 20.8 Å². The van der Waals surface area contributed by atoms with Crippen LogP contribution in [0.4, 0.5) is 0 Å². The van der Waals surface area contributed by atoms with Gasteiger partial charge in [0, 0.05) is 18.2 Å². The predicted molar refractivity (Wildman–Crippen MR) is 103 cm³/mol. The van der Waals surface area contributed by atoms with Crippen molar-refractivity contribution in [2.45, 2.75) is 39.1 Å². The van der Waals surface area contributed by atoms with Gasteiger partial charge in [-0.2, -0.15) is 0 Å². The molecule has 0 rings (SSSR count). The molecule has 0 aromatic rings. The topological polar surface area (TPSA) is 124 Å². The lowest BCUT2D eigenvalue weighted by molar-refractivity contribution is -0.141. The van der Waals surface area contributed by atoms with Crippen LogP contribution in [0.2, 0.25) is 0 Å². The predicted octanol–water partition coefficient (Wildman–Crippen LogP) is 2.50. The molecule has 29 heavy (non-hydrogen) atoms. The molecule has 164 valence electrons. The third-order valence-electron chi connectivity index (χ3n) is 2.81. The fourth-order valence-electron chi connectivity index (χ4n) is 1.60. The maximum Gasteiger partial charge on any atom is 0.475 e. The highest BCUT2D eigenvalue weighted by molar-refractivity contribution is 7.48. The van der Waals surface area contributed by atoms with Gasteiger partial charge in [0.05, 0.1) is 0 Å². The van der Waals surface area contributed by atoms with Gasteiger partial charge >= 0.3 is 25.7 Å². The first-order chi connectivity index (χ1) is 13.5. The first-order valence-electron chi connectivity index (χ1n) is 8.58. The number of phosphoric acid groups is 1. The Bertz CT molecular complexity index is 559. The van der Waals surface area contributed by atoms with Crippen LogP contribution in [0.3, 0.4) is 0 Å². The summed E-state index contributed by atoms with van der Waals surface area (Å²) in [6.07, 6.45) is 0.254. The average molecular weight is 434 g/mol. The molecule has 10 nitrogen and oxygen atoms in total. The van der Waals surface area contributed by atoms with Gasteiger partial charge in [0.15, 0.2) is 0 Å². The van der Waals surface area contributed by atoms with E-state index in [1.165, 1.54) is 20.8 Å². The van der Waals surface area contributed by atoms with Gasteiger partial charge in [-0.3, -0.25) is 13.6 Å². The average Bonchev–Trinajstić information content (AvgIpc) is 2.67. The lowest BCUT2D eigenvalue weighted by Gasteiger charge is -2.26. The Balaban J connectivity index is 5.05. The zero-order valence-corrected chi connectivity index (χ0v) is 17.6. The summed E-state index contributed by atoms with van der Waals surface area (Å²) >= 11 is 0. The Labute approximate surface area is 170 Å². The minimum Gasteiger partial charge on any atom is -0.460 e. The van der Waals surface area contributed by atoms with E-state index in [0.717, 1.165) is 18.2 Å². The molecule has 0 amide bonds. The second-order valence-corrected chi connectivity index (χ2v) is 7.22. The number of carbonyl (C=O) groups is 3. The van der Waals surface area contributed by atoms with Gasteiger partial charge in [0.2, 0.25) is 0 Å². The highest BCUT2D eigenvalue weighted by Gasteiger charge is 2.35. The molecule has 0 heterocycles. The molecule has 0 saturated carbocycles. The van der Waals surface area contributed by atoms with Crippen LogP contribution in [-0.4, -0.2) is 56.0 Å². The number of carbonyl (C=O) groups excluding carboxylic acids is 3. The molecule has 0 aromatic carbocycles. The van der Waals surface area contributed by atoms with Crippen LogP contribution in [0.15, 0.2) is 38.0 Å². The van der Waals surface area contributed by atoms with Gasteiger partial charge < -0.3 is 14.2 Å². The van der Waals surface area contributed by atoms with E-state index >= 15 is 0 Å². The lowest BCUT2D eigenvalue weighted by Crippen LogP contribution is -2.25. The number of esters is 3. The second kappa shape index (κ2) is 13.8. The monoisotopic (exact) mass is 434 g/mol. The Morgan fingerprint density at radius 1 is 0.690 bits per heavy atom. The Morgan fingerprint density at radius 3 is 1.14 bits per heavy atom. The molecule has 11 heteroatoms. The van der Waals surface area contributed by atoms with E-state index in [-0.39, 0.29) is 19.8 Å². The molecule has 3 atom stereocenters. The van der Waals surface area contributed by atoms with Crippen molar-refractivity contribution in [1.29, 1.82) is 0 Å². The molecular formula is C18H27O10P. The third-order valence-corrected chi connectivity index (χ3v) is 4.66. The first kappa shape index (κ1) is 26.7. The van der Waals surface area contributed by atoms with E-state index in [1.807, 2.05) is 0 Å². The van der Waals surface area contributed by atoms with Crippen molar-refractivity contribution in [3.63, 3.8) is 0 Å². The number of rotatable bonds is 15. The van der Waals surface area contributed by atoms with E-state index in [9.17, 15) is 18.9 Å². The largest absolute Gasteiger partial charge is 0.475 e. The summed E-state index contributed by atoms with van der Waals surface area (Å²) in [6, 6.07) is 0. The molecule has 0 aliphatic heterocycles. The van der Waals surface area contributed by atoms with Gasteiger partial charge in [0.1, 0.15) is 38.1 Å². The van der Waals surface area contributed by atoms with Crippen LogP contribution in [0.1, 0.15) is 20.8 Å². The molecule has 0 aliphatic carbocycles. The summed E-state index contributed by atoms with van der Waals surface area (Å²) in [5.74, 6) is -2.07. The van der Waals surface area contributed by atoms with Crippen LogP contribution >= 0.6 is 7.82 Å². The van der Waals surface area contributed by atoms with Crippen molar-refractivity contribution in [2.24, 2.45) is 0 Å². The Kier molecular flexibility index (Phi) is 12.8. The van der Waals surface area contributed by atoms with Crippen molar-refractivity contribution >= 4 is 25.7 Å². The van der Waals surface area contributed by atoms with Gasteiger partial charge in [-0.15, -0.1) is 0 Å². The highest BCUT2D eigenvalue weighted by atomic mass is 31.2. The highest BCUT2D eigenvalue weighted by Crippen LogP contribution is 2.52. The number of hydrogen-bond donors (Lipinski definition) is 0. The summed E-state index contributed by atoms with van der Waals surface area (Å²) in [7, 11) is -4.24. The summed E-state index contributed by atoms with van der Waals surface area (Å²) in [5.41, 5.74) is 0. The second-order valence-electron chi connectivity index (χ2n) is 5.70. The van der Waals surface area contributed by atoms with Crippen LogP contribution in [0.25, 0.3) is 0 Å². The molecule has 0 spiro atoms. The van der Waals surface area contributed by atoms with Gasteiger partial charge in [-0.1, -0.05) is 19.7 Å². The minimum absolute atomic E-state index is 0.249. The molecule has 0 N–H and O–H groups in total. The maximum absolute atomic E-state index is 13.0. The molecule has 0 bridgehead atoms. The van der Waals surface area contributed by atoms with E-state index in [0.29, 0.717) is 0 Å². The van der Waals surface area contributed by atoms with E-state index in [4.69, 9.17) is 27.8 Å². The normalized spacial score (nSPS) is 15.7. The van der Waals surface area contributed by atoms with E-state index in [2.05, 4.69) is 19.7 Å². The standard InChI is InChI=1S/C18H27O10P/c1-7-16(19)23-10-13(4)26-29(22,27-14(5)11-24-17(20)8-2)28-15(6)12-25-18(21)9-3/h7-9,13-15H,1-3,10-12H2,4-6H3. The minimum atomic E-state index is -4.24. The first-order valence-corrected chi connectivity index (χ1v) is 10.0.